The van der Waals surface area contributed by atoms with Crippen LogP contribution in [0.3, 0.4) is 0 Å². The van der Waals surface area contributed by atoms with E-state index in [4.69, 9.17) is 9.47 Å². The summed E-state index contributed by atoms with van der Waals surface area (Å²) in [4.78, 5) is 24.1. The van der Waals surface area contributed by atoms with Crippen molar-refractivity contribution in [2.75, 3.05) is 13.7 Å². The van der Waals surface area contributed by atoms with Crippen molar-refractivity contribution < 1.29 is 24.2 Å². The van der Waals surface area contributed by atoms with Gasteiger partial charge in [-0.15, -0.1) is 0 Å². The van der Waals surface area contributed by atoms with Crippen LogP contribution in [0.5, 0.6) is 0 Å². The molecule has 176 valence electrons. The van der Waals surface area contributed by atoms with Crippen molar-refractivity contribution in [3.05, 3.63) is 34.9 Å². The Morgan fingerprint density at radius 3 is 2.26 bits per heavy atom. The molecule has 1 aliphatic carbocycles. The lowest BCUT2D eigenvalue weighted by Crippen LogP contribution is -2.44. The van der Waals surface area contributed by atoms with Crippen molar-refractivity contribution >= 4 is 11.8 Å². The first-order valence-electron chi connectivity index (χ1n) is 11.5. The van der Waals surface area contributed by atoms with Gasteiger partial charge in [0.05, 0.1) is 25.7 Å². The van der Waals surface area contributed by atoms with E-state index < -0.39 is 23.6 Å². The molecule has 1 fully saturated rings. The van der Waals surface area contributed by atoms with E-state index in [1.807, 2.05) is 6.92 Å². The summed E-state index contributed by atoms with van der Waals surface area (Å²) < 4.78 is 10.7. The van der Waals surface area contributed by atoms with E-state index >= 15 is 0 Å². The molecule has 5 nitrogen and oxygen atoms in total. The molecule has 0 aromatic heterocycles. The highest BCUT2D eigenvalue weighted by Gasteiger charge is 2.52. The van der Waals surface area contributed by atoms with Crippen LogP contribution in [0.1, 0.15) is 86.0 Å². The van der Waals surface area contributed by atoms with E-state index in [2.05, 4.69) is 45.9 Å². The van der Waals surface area contributed by atoms with Crippen LogP contribution in [0.25, 0.3) is 0 Å². The van der Waals surface area contributed by atoms with Crippen molar-refractivity contribution in [2.24, 2.45) is 5.41 Å². The maximum absolute atomic E-state index is 12.2. The summed E-state index contributed by atoms with van der Waals surface area (Å²) in [5, 5.41) is 10.8. The normalized spacial score (nSPS) is 23.1. The molecular weight excluding hydrogens is 392 g/mol. The summed E-state index contributed by atoms with van der Waals surface area (Å²) in [6.07, 6.45) is 10.2. The predicted molar refractivity (Wildman–Crippen MR) is 125 cm³/mol. The molecular formula is C26H42O5. The van der Waals surface area contributed by atoms with E-state index in [0.717, 1.165) is 25.7 Å². The zero-order chi connectivity index (χ0) is 23.4. The van der Waals surface area contributed by atoms with E-state index in [9.17, 15) is 14.7 Å². The van der Waals surface area contributed by atoms with Crippen LogP contribution < -0.4 is 0 Å². The number of hydrogen-bond donors (Lipinski definition) is 1. The topological polar surface area (TPSA) is 72.8 Å². The zero-order valence-corrected chi connectivity index (χ0v) is 20.3. The number of methoxy groups -OCH3 is 1. The highest BCUT2D eigenvalue weighted by atomic mass is 16.5. The number of ketones is 1. The van der Waals surface area contributed by atoms with Crippen molar-refractivity contribution in [2.45, 2.75) is 98.2 Å². The number of ether oxygens (including phenoxy) is 2. The second kappa shape index (κ2) is 13.6. The lowest BCUT2D eigenvalue weighted by atomic mass is 9.73. The first-order chi connectivity index (χ1) is 14.6. The summed E-state index contributed by atoms with van der Waals surface area (Å²) >= 11 is 0. The number of rotatable bonds is 13. The van der Waals surface area contributed by atoms with Crippen molar-refractivity contribution in [1.82, 2.24) is 0 Å². The number of esters is 1. The predicted octanol–water partition coefficient (Wildman–Crippen LogP) is 5.47. The largest absolute Gasteiger partial charge is 0.469 e. The number of aliphatic hydroxyl groups excluding tert-OH is 1. The van der Waals surface area contributed by atoms with E-state index in [-0.39, 0.29) is 25.0 Å². The molecule has 5 heteroatoms. The monoisotopic (exact) mass is 434 g/mol. The number of allylic oxidation sites excluding steroid dienone is 6. The van der Waals surface area contributed by atoms with Gasteiger partial charge in [0, 0.05) is 24.9 Å². The minimum atomic E-state index is -0.817. The molecule has 31 heavy (non-hydrogen) atoms. The molecule has 0 saturated heterocycles. The van der Waals surface area contributed by atoms with Gasteiger partial charge in [-0.2, -0.15) is 0 Å². The highest BCUT2D eigenvalue weighted by Crippen LogP contribution is 2.46. The Morgan fingerprint density at radius 1 is 1.13 bits per heavy atom. The molecule has 3 atom stereocenters. The number of carbonyl (C=O) groups excluding carboxylic acids is 2. The van der Waals surface area contributed by atoms with Crippen LogP contribution in [0, 0.1) is 5.41 Å². The van der Waals surface area contributed by atoms with Crippen molar-refractivity contribution in [3.63, 3.8) is 0 Å². The standard InChI is InChI=1S/C26H42O5/c1-7-31-24(17-25(29)30-6)26(18-22(27)16-23(26)28)15-14-21(5)13-9-12-20(4)11-8-10-19(2)3/h10,12,14,23-24,28H,7-9,11,13,15-18H2,1-6H3/b20-12+,21-14+/t23-,24-,26+/m0/s1. The van der Waals surface area contributed by atoms with Crippen molar-refractivity contribution in [3.8, 4) is 0 Å². The average molecular weight is 435 g/mol. The van der Waals surface area contributed by atoms with E-state index in [1.165, 1.54) is 23.8 Å². The SMILES string of the molecule is CCO[C@@H](CC(=O)OC)[C@]1(C/C=C(\C)CC/C=C(\C)CCC=C(C)C)CC(=O)C[C@@H]1O. The molecule has 0 aliphatic heterocycles. The molecule has 1 saturated carbocycles. The molecule has 0 bridgehead atoms. The molecule has 0 radical (unpaired) electrons. The van der Waals surface area contributed by atoms with Gasteiger partial charge in [-0.1, -0.05) is 34.9 Å². The minimum Gasteiger partial charge on any atom is -0.469 e. The molecule has 1 rings (SSSR count). The Bertz CT molecular complexity index is 684. The van der Waals surface area contributed by atoms with Gasteiger partial charge >= 0.3 is 5.97 Å². The Labute approximate surface area is 188 Å². The summed E-state index contributed by atoms with van der Waals surface area (Å²) in [7, 11) is 1.34. The second-order valence-electron chi connectivity index (χ2n) is 9.06. The van der Waals surface area contributed by atoms with Crippen LogP contribution in [0.2, 0.25) is 0 Å². The average Bonchev–Trinajstić information content (AvgIpc) is 2.99. The van der Waals surface area contributed by atoms with Gasteiger partial charge in [0.25, 0.3) is 0 Å². The number of carbonyl (C=O) groups is 2. The third-order valence-electron chi connectivity index (χ3n) is 6.15. The first-order valence-corrected chi connectivity index (χ1v) is 11.5. The van der Waals surface area contributed by atoms with Gasteiger partial charge in [0.2, 0.25) is 0 Å². The summed E-state index contributed by atoms with van der Waals surface area (Å²) in [6.45, 7) is 10.8. The molecule has 1 aliphatic rings. The summed E-state index contributed by atoms with van der Waals surface area (Å²) in [6, 6.07) is 0. The molecule has 0 spiro atoms. The van der Waals surface area contributed by atoms with Gasteiger partial charge in [-0.25, -0.2) is 0 Å². The number of aliphatic hydroxyl groups is 1. The molecule has 0 aromatic rings. The van der Waals surface area contributed by atoms with Crippen molar-refractivity contribution in [1.29, 1.82) is 0 Å². The third-order valence-corrected chi connectivity index (χ3v) is 6.15. The Hall–Kier alpha value is -1.72. The highest BCUT2D eigenvalue weighted by molar-refractivity contribution is 5.83. The van der Waals surface area contributed by atoms with Crippen LogP contribution >= 0.6 is 0 Å². The van der Waals surface area contributed by atoms with Crippen LogP contribution in [-0.4, -0.2) is 42.8 Å². The van der Waals surface area contributed by atoms with E-state index in [0.29, 0.717) is 13.0 Å². The molecule has 0 amide bonds. The molecule has 0 heterocycles. The van der Waals surface area contributed by atoms with Crippen LogP contribution in [0.4, 0.5) is 0 Å². The fourth-order valence-electron chi connectivity index (χ4n) is 4.21. The third kappa shape index (κ3) is 9.12. The molecule has 0 unspecified atom stereocenters. The van der Waals surface area contributed by atoms with Gasteiger partial charge in [0.1, 0.15) is 5.78 Å². The van der Waals surface area contributed by atoms with E-state index in [1.54, 1.807) is 0 Å². The summed E-state index contributed by atoms with van der Waals surface area (Å²) in [5.74, 6) is -0.373. The van der Waals surface area contributed by atoms with Crippen LogP contribution in [-0.2, 0) is 19.1 Å². The van der Waals surface area contributed by atoms with Gasteiger partial charge in [-0.05, 0) is 66.7 Å². The quantitative estimate of drug-likeness (QED) is 0.307. The maximum Gasteiger partial charge on any atom is 0.308 e. The lowest BCUT2D eigenvalue weighted by Gasteiger charge is -2.38. The minimum absolute atomic E-state index is 0.0167. The lowest BCUT2D eigenvalue weighted by molar-refractivity contribution is -0.151. The Kier molecular flexibility index (Phi) is 12.0. The van der Waals surface area contributed by atoms with Gasteiger partial charge < -0.3 is 14.6 Å². The Balaban J connectivity index is 2.83. The Morgan fingerprint density at radius 2 is 1.74 bits per heavy atom. The fourth-order valence-corrected chi connectivity index (χ4v) is 4.21. The zero-order valence-electron chi connectivity index (χ0n) is 20.3. The number of Topliss-reactive ketones (excluding diaryl/α,β-unsaturated/α-hetero) is 1. The fraction of sp³-hybridized carbons (Fsp3) is 0.692. The smallest absolute Gasteiger partial charge is 0.308 e. The van der Waals surface area contributed by atoms with Crippen LogP contribution in [0.15, 0.2) is 34.9 Å². The second-order valence-corrected chi connectivity index (χ2v) is 9.06. The van der Waals surface area contributed by atoms with Gasteiger partial charge in [0.15, 0.2) is 0 Å². The summed E-state index contributed by atoms with van der Waals surface area (Å²) in [5.41, 5.74) is 3.19. The van der Waals surface area contributed by atoms with Gasteiger partial charge in [-0.3, -0.25) is 9.59 Å². The maximum atomic E-state index is 12.2. The molecule has 1 N–H and O–H groups in total. The first kappa shape index (κ1) is 27.3. The molecule has 0 aromatic carbocycles. The number of hydrogen-bond acceptors (Lipinski definition) is 5.